The summed E-state index contributed by atoms with van der Waals surface area (Å²) in [6.07, 6.45) is 5.20. The van der Waals surface area contributed by atoms with E-state index in [4.69, 9.17) is 9.47 Å². The minimum Gasteiger partial charge on any atom is -0.507 e. The summed E-state index contributed by atoms with van der Waals surface area (Å²) in [7, 11) is 1.53. The van der Waals surface area contributed by atoms with E-state index in [-0.39, 0.29) is 24.5 Å². The molecule has 30 heavy (non-hydrogen) atoms. The van der Waals surface area contributed by atoms with Crippen molar-refractivity contribution in [2.45, 2.75) is 25.8 Å². The smallest absolute Gasteiger partial charge is 0.295 e. The van der Waals surface area contributed by atoms with E-state index in [1.165, 1.54) is 12.0 Å². The van der Waals surface area contributed by atoms with Gasteiger partial charge in [0.2, 0.25) is 0 Å². The molecule has 158 valence electrons. The summed E-state index contributed by atoms with van der Waals surface area (Å²) < 4.78 is 10.7. The van der Waals surface area contributed by atoms with Crippen LogP contribution in [0, 0.1) is 0 Å². The van der Waals surface area contributed by atoms with Crippen molar-refractivity contribution >= 4 is 17.4 Å². The number of ether oxygens (including phenoxy) is 2. The first-order valence-electron chi connectivity index (χ1n) is 9.99. The minimum absolute atomic E-state index is 0.0451. The Morgan fingerprint density at radius 3 is 2.57 bits per heavy atom. The number of pyridine rings is 1. The molecule has 0 aliphatic carbocycles. The Kier molecular flexibility index (Phi) is 7.19. The van der Waals surface area contributed by atoms with Crippen molar-refractivity contribution in [1.82, 2.24) is 9.88 Å². The molecule has 7 heteroatoms. The molecule has 1 saturated heterocycles. The Hall–Kier alpha value is -3.19. The maximum Gasteiger partial charge on any atom is 0.295 e. The molecular formula is C23H26N2O5. The van der Waals surface area contributed by atoms with Crippen LogP contribution in [0.15, 0.2) is 54.4 Å². The number of carbonyl (C=O) groups excluding carboxylic acids is 2. The van der Waals surface area contributed by atoms with Crippen LogP contribution in [-0.2, 0) is 14.3 Å². The lowest BCUT2D eigenvalue weighted by Gasteiger charge is -2.24. The number of methoxy groups -OCH3 is 1. The van der Waals surface area contributed by atoms with Gasteiger partial charge in [-0.1, -0.05) is 19.4 Å². The van der Waals surface area contributed by atoms with Crippen molar-refractivity contribution in [2.75, 3.05) is 26.9 Å². The molecule has 0 saturated carbocycles. The van der Waals surface area contributed by atoms with Gasteiger partial charge in [0.05, 0.1) is 24.8 Å². The van der Waals surface area contributed by atoms with Crippen LogP contribution in [0.5, 0.6) is 5.75 Å². The monoisotopic (exact) mass is 410 g/mol. The number of aliphatic hydroxyl groups is 1. The van der Waals surface area contributed by atoms with Crippen LogP contribution in [0.4, 0.5) is 0 Å². The van der Waals surface area contributed by atoms with Crippen molar-refractivity contribution in [3.63, 3.8) is 0 Å². The molecule has 1 amide bonds. The zero-order chi connectivity index (χ0) is 21.5. The summed E-state index contributed by atoms with van der Waals surface area (Å²) >= 11 is 0. The van der Waals surface area contributed by atoms with Crippen molar-refractivity contribution in [3.8, 4) is 5.75 Å². The van der Waals surface area contributed by atoms with Crippen LogP contribution in [0.1, 0.15) is 36.9 Å². The molecule has 0 spiro atoms. The minimum atomic E-state index is -0.727. The number of aliphatic hydroxyl groups excluding tert-OH is 1. The molecule has 0 bridgehead atoms. The van der Waals surface area contributed by atoms with Gasteiger partial charge in [-0.2, -0.15) is 0 Å². The number of Topliss-reactive ketones (excluding diaryl/α,β-unsaturated/α-hetero) is 1. The maximum absolute atomic E-state index is 12.8. The van der Waals surface area contributed by atoms with Gasteiger partial charge in [0, 0.05) is 31.6 Å². The molecule has 1 aliphatic heterocycles. The Morgan fingerprint density at radius 1 is 1.17 bits per heavy atom. The highest BCUT2D eigenvalue weighted by atomic mass is 16.5. The number of aromatic nitrogens is 1. The third-order valence-electron chi connectivity index (χ3n) is 4.97. The molecule has 0 unspecified atom stereocenters. The normalized spacial score (nSPS) is 18.1. The van der Waals surface area contributed by atoms with E-state index in [2.05, 4.69) is 11.9 Å². The molecule has 1 N–H and O–H groups in total. The van der Waals surface area contributed by atoms with Crippen LogP contribution >= 0.6 is 0 Å². The van der Waals surface area contributed by atoms with Gasteiger partial charge in [-0.15, -0.1) is 0 Å². The third-order valence-corrected chi connectivity index (χ3v) is 4.97. The van der Waals surface area contributed by atoms with E-state index in [1.54, 1.807) is 48.8 Å². The van der Waals surface area contributed by atoms with Gasteiger partial charge in [-0.3, -0.25) is 14.6 Å². The fraction of sp³-hybridized carbons (Fsp3) is 0.348. The molecule has 1 aromatic heterocycles. The summed E-state index contributed by atoms with van der Waals surface area (Å²) in [6.45, 7) is 3.20. The van der Waals surface area contributed by atoms with E-state index in [0.29, 0.717) is 23.5 Å². The van der Waals surface area contributed by atoms with Crippen molar-refractivity contribution in [1.29, 1.82) is 0 Å². The number of amides is 1. The highest BCUT2D eigenvalue weighted by Gasteiger charge is 2.45. The average Bonchev–Trinajstić information content (AvgIpc) is 3.03. The topological polar surface area (TPSA) is 89.0 Å². The van der Waals surface area contributed by atoms with E-state index < -0.39 is 17.7 Å². The molecule has 1 aliphatic rings. The number of likely N-dealkylation sites (tertiary alicyclic amines) is 1. The first kappa shape index (κ1) is 21.5. The quantitative estimate of drug-likeness (QED) is 0.295. The Morgan fingerprint density at radius 2 is 1.93 bits per heavy atom. The fourth-order valence-electron chi connectivity index (χ4n) is 3.38. The first-order chi connectivity index (χ1) is 14.6. The number of carbonyl (C=O) groups is 2. The van der Waals surface area contributed by atoms with Crippen molar-refractivity contribution in [2.24, 2.45) is 0 Å². The number of ketones is 1. The van der Waals surface area contributed by atoms with E-state index >= 15 is 0 Å². The second-order valence-electron chi connectivity index (χ2n) is 7.00. The summed E-state index contributed by atoms with van der Waals surface area (Å²) in [5.41, 5.74) is 1.13. The first-order valence-corrected chi connectivity index (χ1v) is 9.99. The van der Waals surface area contributed by atoms with Crippen molar-refractivity contribution < 1.29 is 24.2 Å². The van der Waals surface area contributed by atoms with Crippen LogP contribution in [-0.4, -0.2) is 53.5 Å². The Balaban J connectivity index is 1.98. The second kappa shape index (κ2) is 10.0. The molecular weight excluding hydrogens is 384 g/mol. The zero-order valence-electron chi connectivity index (χ0n) is 17.2. The molecule has 2 aromatic rings. The van der Waals surface area contributed by atoms with Crippen LogP contribution in [0.3, 0.4) is 0 Å². The molecule has 7 nitrogen and oxygen atoms in total. The van der Waals surface area contributed by atoms with Crippen molar-refractivity contribution in [3.05, 3.63) is 65.5 Å². The van der Waals surface area contributed by atoms with Crippen LogP contribution in [0.2, 0.25) is 0 Å². The highest BCUT2D eigenvalue weighted by Crippen LogP contribution is 2.39. The van der Waals surface area contributed by atoms with Gasteiger partial charge in [-0.05, 0) is 42.3 Å². The number of unbranched alkanes of at least 4 members (excludes halogenated alkanes) is 1. The number of benzene rings is 1. The molecule has 1 aromatic carbocycles. The van der Waals surface area contributed by atoms with Gasteiger partial charge >= 0.3 is 0 Å². The lowest BCUT2D eigenvalue weighted by atomic mass is 9.96. The average molecular weight is 410 g/mol. The summed E-state index contributed by atoms with van der Waals surface area (Å²) in [6, 6.07) is 9.62. The standard InChI is InChI=1S/C23H26N2O5/c1-3-4-13-30-18-9-7-16(8-10-18)21(26)19-20(17-6-5-11-24-15-17)25(12-14-29-2)23(28)22(19)27/h5-11,15,20,26H,3-4,12-14H2,1-2H3/b21-19+/t20-/m0/s1. The van der Waals surface area contributed by atoms with E-state index in [9.17, 15) is 14.7 Å². The van der Waals surface area contributed by atoms with Gasteiger partial charge in [-0.25, -0.2) is 0 Å². The number of hydrogen-bond donors (Lipinski definition) is 1. The maximum atomic E-state index is 12.8. The zero-order valence-corrected chi connectivity index (χ0v) is 17.2. The third kappa shape index (κ3) is 4.52. The van der Waals surface area contributed by atoms with E-state index in [1.807, 2.05) is 0 Å². The lowest BCUT2D eigenvalue weighted by Crippen LogP contribution is -2.32. The van der Waals surface area contributed by atoms with E-state index in [0.717, 1.165) is 12.8 Å². The summed E-state index contributed by atoms with van der Waals surface area (Å²) in [5.74, 6) is -0.922. The summed E-state index contributed by atoms with van der Waals surface area (Å²) in [4.78, 5) is 31.0. The van der Waals surface area contributed by atoms with Gasteiger partial charge in [0.25, 0.3) is 11.7 Å². The van der Waals surface area contributed by atoms with Crippen LogP contribution in [0.25, 0.3) is 5.76 Å². The number of rotatable bonds is 9. The highest BCUT2D eigenvalue weighted by molar-refractivity contribution is 6.46. The molecule has 0 radical (unpaired) electrons. The largest absolute Gasteiger partial charge is 0.507 e. The SMILES string of the molecule is CCCCOc1ccc(/C(O)=C2\C(=O)C(=O)N(CCOC)[C@H]2c2cccnc2)cc1. The molecule has 1 atom stereocenters. The number of hydrogen-bond acceptors (Lipinski definition) is 6. The van der Waals surface area contributed by atoms with Crippen LogP contribution < -0.4 is 4.74 Å². The summed E-state index contributed by atoms with van der Waals surface area (Å²) in [5, 5.41) is 11.0. The lowest BCUT2D eigenvalue weighted by molar-refractivity contribution is -0.140. The Bertz CT molecular complexity index is 909. The number of nitrogens with zero attached hydrogens (tertiary/aromatic N) is 2. The molecule has 3 rings (SSSR count). The van der Waals surface area contributed by atoms with Gasteiger partial charge < -0.3 is 19.5 Å². The molecule has 2 heterocycles. The van der Waals surface area contributed by atoms with Gasteiger partial charge in [0.1, 0.15) is 11.5 Å². The Labute approximate surface area is 175 Å². The predicted molar refractivity (Wildman–Crippen MR) is 112 cm³/mol. The fourth-order valence-corrected chi connectivity index (χ4v) is 3.38. The predicted octanol–water partition coefficient (Wildman–Crippen LogP) is 3.33. The second-order valence-corrected chi connectivity index (χ2v) is 7.00. The van der Waals surface area contributed by atoms with Gasteiger partial charge in [0.15, 0.2) is 0 Å². The molecule has 1 fully saturated rings.